The second kappa shape index (κ2) is 5.83. The maximum Gasteiger partial charge on any atom is 0.335 e. The van der Waals surface area contributed by atoms with Crippen molar-refractivity contribution in [3.05, 3.63) is 42.5 Å². The van der Waals surface area contributed by atoms with E-state index >= 15 is 0 Å². The van der Waals surface area contributed by atoms with Gasteiger partial charge in [-0.05, 0) is 31.9 Å². The predicted octanol–water partition coefficient (Wildman–Crippen LogP) is 2.79. The van der Waals surface area contributed by atoms with Crippen LogP contribution in [0.15, 0.2) is 36.9 Å². The lowest BCUT2D eigenvalue weighted by atomic mass is 10.0. The van der Waals surface area contributed by atoms with Crippen LogP contribution in [0.5, 0.6) is 0 Å². The summed E-state index contributed by atoms with van der Waals surface area (Å²) in [6, 6.07) is 9.47. The smallest absolute Gasteiger partial charge is 0.335 e. The maximum absolute atomic E-state index is 11.6. The van der Waals surface area contributed by atoms with E-state index in [4.69, 9.17) is 4.74 Å². The molecule has 1 aromatic rings. The fourth-order valence-corrected chi connectivity index (χ4v) is 1.48. The minimum absolute atomic E-state index is 0.179. The highest BCUT2D eigenvalue weighted by atomic mass is 16.6. The van der Waals surface area contributed by atoms with Crippen LogP contribution in [0.1, 0.15) is 32.8 Å². The molecule has 0 fully saturated rings. The molecule has 0 heterocycles. The third-order valence-corrected chi connectivity index (χ3v) is 2.30. The number of rotatable bonds is 4. The molecule has 0 radical (unpaired) electrons. The average Bonchev–Trinajstić information content (AvgIpc) is 2.27. The van der Waals surface area contributed by atoms with Crippen molar-refractivity contribution in [2.75, 3.05) is 0 Å². The molecule has 0 aliphatic carbocycles. The van der Waals surface area contributed by atoms with E-state index < -0.39 is 17.7 Å². The zero-order valence-corrected chi connectivity index (χ0v) is 11.1. The maximum atomic E-state index is 11.6. The number of aliphatic hydroxyl groups is 1. The molecule has 3 nitrogen and oxygen atoms in total. The average molecular weight is 248 g/mol. The number of carbonyl (C=O) groups is 1. The summed E-state index contributed by atoms with van der Waals surface area (Å²) in [5.41, 5.74) is 1.04. The van der Waals surface area contributed by atoms with Crippen molar-refractivity contribution >= 4 is 11.5 Å². The van der Waals surface area contributed by atoms with Crippen molar-refractivity contribution in [3.8, 4) is 0 Å². The first-order chi connectivity index (χ1) is 8.29. The molecule has 1 rings (SSSR count). The zero-order chi connectivity index (χ0) is 13.8. The minimum Gasteiger partial charge on any atom is -0.458 e. The summed E-state index contributed by atoms with van der Waals surface area (Å²) < 4.78 is 5.11. The van der Waals surface area contributed by atoms with Crippen LogP contribution in [0.25, 0.3) is 5.57 Å². The first-order valence-corrected chi connectivity index (χ1v) is 5.94. The standard InChI is InChI=1S/C15H20O3/c1-11(12-8-6-5-7-9-12)10-13(16)14(17)18-15(2,3)4/h5-9,13,16H,1,10H2,2-4H3/t13-/m1/s1. The summed E-state index contributed by atoms with van der Waals surface area (Å²) in [4.78, 5) is 11.6. The van der Waals surface area contributed by atoms with Gasteiger partial charge in [0.1, 0.15) is 5.60 Å². The van der Waals surface area contributed by atoms with Gasteiger partial charge >= 0.3 is 5.97 Å². The second-order valence-corrected chi connectivity index (χ2v) is 5.22. The van der Waals surface area contributed by atoms with Crippen molar-refractivity contribution in [2.45, 2.75) is 38.9 Å². The van der Waals surface area contributed by atoms with Gasteiger partial charge < -0.3 is 9.84 Å². The van der Waals surface area contributed by atoms with Gasteiger partial charge in [-0.1, -0.05) is 36.9 Å². The van der Waals surface area contributed by atoms with Crippen LogP contribution >= 0.6 is 0 Å². The van der Waals surface area contributed by atoms with Crippen LogP contribution < -0.4 is 0 Å². The molecule has 0 aromatic heterocycles. The highest BCUT2D eigenvalue weighted by Gasteiger charge is 2.23. The predicted molar refractivity (Wildman–Crippen MR) is 71.9 cm³/mol. The largest absolute Gasteiger partial charge is 0.458 e. The third-order valence-electron chi connectivity index (χ3n) is 2.30. The van der Waals surface area contributed by atoms with E-state index in [1.807, 2.05) is 30.3 Å². The molecule has 0 spiro atoms. The molecule has 0 unspecified atom stereocenters. The molecular formula is C15H20O3. The second-order valence-electron chi connectivity index (χ2n) is 5.22. The topological polar surface area (TPSA) is 46.5 Å². The summed E-state index contributed by atoms with van der Waals surface area (Å²) >= 11 is 0. The van der Waals surface area contributed by atoms with Gasteiger partial charge in [0.2, 0.25) is 0 Å². The summed E-state index contributed by atoms with van der Waals surface area (Å²) in [7, 11) is 0. The fourth-order valence-electron chi connectivity index (χ4n) is 1.48. The number of esters is 1. The van der Waals surface area contributed by atoms with Crippen LogP contribution in [0.3, 0.4) is 0 Å². The van der Waals surface area contributed by atoms with E-state index in [2.05, 4.69) is 6.58 Å². The van der Waals surface area contributed by atoms with Crippen molar-refractivity contribution < 1.29 is 14.6 Å². The molecule has 98 valence electrons. The Balaban J connectivity index is 2.58. The van der Waals surface area contributed by atoms with Gasteiger partial charge in [0.05, 0.1) is 0 Å². The zero-order valence-electron chi connectivity index (χ0n) is 11.1. The molecule has 3 heteroatoms. The Bertz CT molecular complexity index is 415. The summed E-state index contributed by atoms with van der Waals surface area (Å²) in [6.45, 7) is 9.18. The molecule has 0 saturated heterocycles. The van der Waals surface area contributed by atoms with Crippen molar-refractivity contribution in [1.82, 2.24) is 0 Å². The highest BCUT2D eigenvalue weighted by Crippen LogP contribution is 2.19. The first-order valence-electron chi connectivity index (χ1n) is 5.94. The molecule has 0 aliphatic heterocycles. The summed E-state index contributed by atoms with van der Waals surface area (Å²) in [6.07, 6.45) is -0.990. The lowest BCUT2D eigenvalue weighted by Crippen LogP contribution is -2.31. The molecule has 0 amide bonds. The number of aliphatic hydroxyl groups excluding tert-OH is 1. The monoisotopic (exact) mass is 248 g/mol. The van der Waals surface area contributed by atoms with Crippen LogP contribution in [-0.2, 0) is 9.53 Å². The van der Waals surface area contributed by atoms with E-state index in [1.165, 1.54) is 0 Å². The van der Waals surface area contributed by atoms with Gasteiger partial charge in [-0.15, -0.1) is 0 Å². The number of ether oxygens (including phenoxy) is 1. The van der Waals surface area contributed by atoms with Gasteiger partial charge in [-0.3, -0.25) is 0 Å². The number of hydrogen-bond donors (Lipinski definition) is 1. The number of hydrogen-bond acceptors (Lipinski definition) is 3. The molecular weight excluding hydrogens is 228 g/mol. The van der Waals surface area contributed by atoms with Crippen LogP contribution in [0, 0.1) is 0 Å². The van der Waals surface area contributed by atoms with Crippen molar-refractivity contribution in [2.24, 2.45) is 0 Å². The molecule has 0 bridgehead atoms. The molecule has 1 N–H and O–H groups in total. The minimum atomic E-state index is -1.17. The Morgan fingerprint density at radius 2 is 1.89 bits per heavy atom. The van der Waals surface area contributed by atoms with E-state index in [0.29, 0.717) is 5.57 Å². The Morgan fingerprint density at radius 1 is 1.33 bits per heavy atom. The summed E-state index contributed by atoms with van der Waals surface area (Å²) in [5.74, 6) is -0.611. The lowest BCUT2D eigenvalue weighted by molar-refractivity contribution is -0.164. The summed E-state index contributed by atoms with van der Waals surface area (Å²) in [5, 5.41) is 9.78. The van der Waals surface area contributed by atoms with E-state index in [0.717, 1.165) is 5.56 Å². The van der Waals surface area contributed by atoms with Gasteiger partial charge in [0.25, 0.3) is 0 Å². The number of benzene rings is 1. The highest BCUT2D eigenvalue weighted by molar-refractivity contribution is 5.78. The first kappa shape index (κ1) is 14.5. The number of carbonyl (C=O) groups excluding carboxylic acids is 1. The fraction of sp³-hybridized carbons (Fsp3) is 0.400. The van der Waals surface area contributed by atoms with E-state index in [1.54, 1.807) is 20.8 Å². The molecule has 18 heavy (non-hydrogen) atoms. The Kier molecular flexibility index (Phi) is 4.68. The van der Waals surface area contributed by atoms with Gasteiger partial charge in [0, 0.05) is 6.42 Å². The van der Waals surface area contributed by atoms with Crippen molar-refractivity contribution in [1.29, 1.82) is 0 Å². The van der Waals surface area contributed by atoms with E-state index in [-0.39, 0.29) is 6.42 Å². The lowest BCUT2D eigenvalue weighted by Gasteiger charge is -2.22. The molecule has 0 aliphatic rings. The van der Waals surface area contributed by atoms with Crippen LogP contribution in [-0.4, -0.2) is 22.8 Å². The van der Waals surface area contributed by atoms with Gasteiger partial charge in [-0.2, -0.15) is 0 Å². The SMILES string of the molecule is C=C(C[C@@H](O)C(=O)OC(C)(C)C)c1ccccc1. The molecule has 1 aromatic carbocycles. The van der Waals surface area contributed by atoms with Crippen LogP contribution in [0.4, 0.5) is 0 Å². The van der Waals surface area contributed by atoms with Crippen LogP contribution in [0.2, 0.25) is 0 Å². The Labute approximate surface area is 108 Å². The van der Waals surface area contributed by atoms with Gasteiger partial charge in [-0.25, -0.2) is 4.79 Å². The quantitative estimate of drug-likeness (QED) is 0.833. The van der Waals surface area contributed by atoms with Crippen molar-refractivity contribution in [3.63, 3.8) is 0 Å². The normalized spacial score (nSPS) is 12.9. The Hall–Kier alpha value is -1.61. The van der Waals surface area contributed by atoms with Gasteiger partial charge in [0.15, 0.2) is 6.10 Å². The Morgan fingerprint density at radius 3 is 2.39 bits per heavy atom. The molecule has 1 atom stereocenters. The third kappa shape index (κ3) is 4.72. The molecule has 0 saturated carbocycles. The van der Waals surface area contributed by atoms with E-state index in [9.17, 15) is 9.90 Å².